The molecule has 0 amide bonds. The first-order valence-corrected chi connectivity index (χ1v) is 6.65. The Morgan fingerprint density at radius 3 is 2.75 bits per heavy atom. The van der Waals surface area contributed by atoms with Crippen LogP contribution >= 0.6 is 50.1 Å². The smallest absolute Gasteiger partial charge is 0.178 e. The summed E-state index contributed by atoms with van der Waals surface area (Å²) in [5.74, 6) is 0.691. The van der Waals surface area contributed by atoms with Crippen molar-refractivity contribution in [1.82, 2.24) is 0 Å². The molecule has 0 spiro atoms. The van der Waals surface area contributed by atoms with Crippen LogP contribution in [0.5, 0.6) is 0 Å². The summed E-state index contributed by atoms with van der Waals surface area (Å²) in [6, 6.07) is 9.27. The fourth-order valence-electron chi connectivity index (χ4n) is 1.12. The molecule has 1 aromatic carbocycles. The molecule has 0 bridgehead atoms. The summed E-state index contributed by atoms with van der Waals surface area (Å²) in [5, 5.41) is 0.624. The minimum absolute atomic E-state index is 0.624. The highest BCUT2D eigenvalue weighted by Crippen LogP contribution is 2.25. The molecule has 0 saturated heterocycles. The lowest BCUT2D eigenvalue weighted by Crippen LogP contribution is -1.74. The highest BCUT2D eigenvalue weighted by Gasteiger charge is 2.03. The number of hydrogen-bond acceptors (Lipinski definition) is 2. The van der Waals surface area contributed by atoms with E-state index in [2.05, 4.69) is 43.5 Å². The van der Waals surface area contributed by atoms with E-state index in [0.717, 1.165) is 13.9 Å². The number of aliphatic imine (C=N–C) groups is 1. The van der Waals surface area contributed by atoms with Crippen LogP contribution in [0.15, 0.2) is 44.2 Å². The quantitative estimate of drug-likeness (QED) is 0.502. The molecule has 2 aromatic rings. The minimum Gasteiger partial charge on any atom is -0.448 e. The van der Waals surface area contributed by atoms with Crippen molar-refractivity contribution >= 4 is 62.0 Å². The maximum atomic E-state index is 5.97. The Balaban J connectivity index is 2.25. The van der Waals surface area contributed by atoms with Crippen molar-refractivity contribution in [2.45, 2.75) is 0 Å². The van der Waals surface area contributed by atoms with Crippen molar-refractivity contribution in [2.75, 3.05) is 0 Å². The van der Waals surface area contributed by atoms with Gasteiger partial charge in [-0.25, -0.2) is 0 Å². The number of halogens is 3. The molecule has 0 aliphatic rings. The fraction of sp³-hybridized carbons (Fsp3) is 0. The molecule has 5 heteroatoms. The van der Waals surface area contributed by atoms with Gasteiger partial charge in [0.25, 0.3) is 0 Å². The van der Waals surface area contributed by atoms with E-state index in [1.807, 2.05) is 24.3 Å². The summed E-state index contributed by atoms with van der Waals surface area (Å²) in [7, 11) is 0. The zero-order chi connectivity index (χ0) is 11.5. The molecule has 0 aliphatic heterocycles. The van der Waals surface area contributed by atoms with Gasteiger partial charge in [-0.05, 0) is 28.1 Å². The number of benzene rings is 1. The summed E-state index contributed by atoms with van der Waals surface area (Å²) < 4.78 is 7.15. The minimum atomic E-state index is 0.624. The molecular weight excluding hydrogens is 404 g/mol. The Morgan fingerprint density at radius 1 is 1.38 bits per heavy atom. The van der Waals surface area contributed by atoms with E-state index >= 15 is 0 Å². The van der Waals surface area contributed by atoms with Gasteiger partial charge < -0.3 is 4.42 Å². The first kappa shape index (κ1) is 12.1. The van der Waals surface area contributed by atoms with Crippen molar-refractivity contribution in [3.05, 3.63) is 49.4 Å². The number of nitrogens with zero attached hydrogens (tertiary/aromatic N) is 1. The maximum Gasteiger partial charge on any atom is 0.178 e. The average molecular weight is 410 g/mol. The van der Waals surface area contributed by atoms with Crippen molar-refractivity contribution in [3.63, 3.8) is 0 Å². The van der Waals surface area contributed by atoms with Gasteiger partial charge in [-0.15, -0.1) is 0 Å². The van der Waals surface area contributed by atoms with Crippen LogP contribution in [0.25, 0.3) is 0 Å². The largest absolute Gasteiger partial charge is 0.448 e. The molecule has 0 fully saturated rings. The first-order valence-electron chi connectivity index (χ1n) is 4.40. The molecule has 0 atom stereocenters. The number of rotatable bonds is 2. The third-order valence-electron chi connectivity index (χ3n) is 1.85. The molecule has 1 heterocycles. The predicted octanol–water partition coefficient (Wildman–Crippen LogP) is 5.05. The Kier molecular flexibility index (Phi) is 4.05. The van der Waals surface area contributed by atoms with Crippen molar-refractivity contribution in [2.24, 2.45) is 4.99 Å². The normalized spacial score (nSPS) is 11.2. The average Bonchev–Trinajstić information content (AvgIpc) is 2.57. The van der Waals surface area contributed by atoms with Crippen LogP contribution in [0.2, 0.25) is 5.02 Å². The van der Waals surface area contributed by atoms with Gasteiger partial charge in [0.2, 0.25) is 0 Å². The van der Waals surface area contributed by atoms with Gasteiger partial charge in [0.05, 0.1) is 21.4 Å². The van der Waals surface area contributed by atoms with Crippen LogP contribution in [-0.4, -0.2) is 6.21 Å². The first-order chi connectivity index (χ1) is 7.66. The third kappa shape index (κ3) is 2.87. The molecule has 2 rings (SSSR count). The van der Waals surface area contributed by atoms with Gasteiger partial charge in [-0.1, -0.05) is 23.7 Å². The lowest BCUT2D eigenvalue weighted by molar-refractivity contribution is 0.530. The van der Waals surface area contributed by atoms with Crippen molar-refractivity contribution in [1.29, 1.82) is 0 Å². The van der Waals surface area contributed by atoms with E-state index < -0.39 is 0 Å². The maximum absolute atomic E-state index is 5.97. The Labute approximate surface area is 120 Å². The van der Waals surface area contributed by atoms with Crippen molar-refractivity contribution < 1.29 is 4.42 Å². The lowest BCUT2D eigenvalue weighted by Gasteiger charge is -1.94. The lowest BCUT2D eigenvalue weighted by atomic mass is 10.3. The van der Waals surface area contributed by atoms with Gasteiger partial charge in [0.15, 0.2) is 3.77 Å². The monoisotopic (exact) mass is 409 g/mol. The van der Waals surface area contributed by atoms with Crippen LogP contribution in [0.4, 0.5) is 5.69 Å². The molecular formula is C11H6BrClINO. The Hall–Kier alpha value is -0.330. The highest BCUT2D eigenvalue weighted by molar-refractivity contribution is 14.1. The van der Waals surface area contributed by atoms with Crippen LogP contribution in [-0.2, 0) is 0 Å². The molecule has 16 heavy (non-hydrogen) atoms. The predicted molar refractivity (Wildman–Crippen MR) is 77.8 cm³/mol. The molecule has 2 nitrogen and oxygen atoms in total. The van der Waals surface area contributed by atoms with Crippen LogP contribution in [0.3, 0.4) is 0 Å². The topological polar surface area (TPSA) is 25.5 Å². The van der Waals surface area contributed by atoms with E-state index in [0.29, 0.717) is 10.8 Å². The number of para-hydroxylation sites is 1. The summed E-state index contributed by atoms with van der Waals surface area (Å²) in [5.41, 5.74) is 0.728. The van der Waals surface area contributed by atoms with Gasteiger partial charge in [-0.2, -0.15) is 0 Å². The van der Waals surface area contributed by atoms with E-state index in [9.17, 15) is 0 Å². The third-order valence-corrected chi connectivity index (χ3v) is 4.30. The van der Waals surface area contributed by atoms with E-state index in [-0.39, 0.29) is 0 Å². The van der Waals surface area contributed by atoms with Crippen LogP contribution in [0.1, 0.15) is 5.76 Å². The molecule has 0 unspecified atom stereocenters. The standard InChI is InChI=1S/C11H6BrClINO/c12-8-5-7(16-11(8)14)6-15-10-4-2-1-3-9(10)13/h1-6H. The summed E-state index contributed by atoms with van der Waals surface area (Å²) in [6.07, 6.45) is 1.65. The summed E-state index contributed by atoms with van der Waals surface area (Å²) >= 11 is 11.4. The van der Waals surface area contributed by atoms with Crippen LogP contribution in [0, 0.1) is 3.77 Å². The fourth-order valence-corrected chi connectivity index (χ4v) is 2.02. The van der Waals surface area contributed by atoms with E-state index in [4.69, 9.17) is 16.0 Å². The molecule has 0 N–H and O–H groups in total. The zero-order valence-corrected chi connectivity index (χ0v) is 12.5. The second-order valence-electron chi connectivity index (χ2n) is 2.98. The Bertz CT molecular complexity index is 519. The van der Waals surface area contributed by atoms with Crippen molar-refractivity contribution in [3.8, 4) is 0 Å². The molecule has 82 valence electrons. The summed E-state index contributed by atoms with van der Waals surface area (Å²) in [4.78, 5) is 4.26. The van der Waals surface area contributed by atoms with Gasteiger partial charge >= 0.3 is 0 Å². The van der Waals surface area contributed by atoms with E-state index in [1.165, 1.54) is 0 Å². The highest BCUT2D eigenvalue weighted by atomic mass is 127. The van der Waals surface area contributed by atoms with Crippen LogP contribution < -0.4 is 0 Å². The molecule has 1 aromatic heterocycles. The summed E-state index contributed by atoms with van der Waals surface area (Å²) in [6.45, 7) is 0. The van der Waals surface area contributed by atoms with Gasteiger partial charge in [0.1, 0.15) is 5.76 Å². The zero-order valence-electron chi connectivity index (χ0n) is 7.95. The van der Waals surface area contributed by atoms with E-state index in [1.54, 1.807) is 12.3 Å². The van der Waals surface area contributed by atoms with Gasteiger partial charge in [-0.3, -0.25) is 4.99 Å². The Morgan fingerprint density at radius 2 is 2.12 bits per heavy atom. The molecule has 0 saturated carbocycles. The second kappa shape index (κ2) is 5.33. The number of furan rings is 1. The number of hydrogen-bond donors (Lipinski definition) is 0. The second-order valence-corrected chi connectivity index (χ2v) is 5.22. The SMILES string of the molecule is Clc1ccccc1N=Cc1cc(Br)c(I)o1. The van der Waals surface area contributed by atoms with Gasteiger partial charge in [0, 0.05) is 28.7 Å². The molecule has 0 radical (unpaired) electrons. The molecule has 0 aliphatic carbocycles.